The van der Waals surface area contributed by atoms with E-state index in [0.717, 1.165) is 24.4 Å². The van der Waals surface area contributed by atoms with E-state index in [2.05, 4.69) is 24.1 Å². The number of hydrogen-bond acceptors (Lipinski definition) is 2. The molecule has 3 atom stereocenters. The van der Waals surface area contributed by atoms with Crippen molar-refractivity contribution < 1.29 is 0 Å². The van der Waals surface area contributed by atoms with Gasteiger partial charge >= 0.3 is 0 Å². The summed E-state index contributed by atoms with van der Waals surface area (Å²) in [7, 11) is 0. The first kappa shape index (κ1) is 13.4. The Bertz CT molecular complexity index is 217. The van der Waals surface area contributed by atoms with Crippen LogP contribution in [0.2, 0.25) is 0 Å². The molecule has 1 saturated carbocycles. The Morgan fingerprint density at radius 1 is 1.06 bits per heavy atom. The lowest BCUT2D eigenvalue weighted by Crippen LogP contribution is -2.50. The molecule has 0 radical (unpaired) electrons. The van der Waals surface area contributed by atoms with Crippen LogP contribution in [0.1, 0.15) is 52.4 Å². The molecule has 2 nitrogen and oxygen atoms in total. The summed E-state index contributed by atoms with van der Waals surface area (Å²) in [5, 5.41) is 3.53. The van der Waals surface area contributed by atoms with E-state index >= 15 is 0 Å². The second-order valence-corrected chi connectivity index (χ2v) is 5.95. The zero-order valence-corrected chi connectivity index (χ0v) is 11.8. The van der Waals surface area contributed by atoms with Gasteiger partial charge in [-0.25, -0.2) is 0 Å². The number of rotatable bonds is 5. The largest absolute Gasteiger partial charge is 0.317 e. The monoisotopic (exact) mass is 238 g/mol. The molecule has 1 heterocycles. The van der Waals surface area contributed by atoms with Gasteiger partial charge in [0.2, 0.25) is 0 Å². The minimum Gasteiger partial charge on any atom is -0.317 e. The van der Waals surface area contributed by atoms with Crippen molar-refractivity contribution in [3.63, 3.8) is 0 Å². The molecule has 2 fully saturated rings. The van der Waals surface area contributed by atoms with Gasteiger partial charge in [0.05, 0.1) is 0 Å². The van der Waals surface area contributed by atoms with E-state index in [1.165, 1.54) is 58.2 Å². The summed E-state index contributed by atoms with van der Waals surface area (Å²) in [6, 6.07) is 0.907. The maximum atomic E-state index is 3.53. The Balaban J connectivity index is 1.77. The fourth-order valence-corrected chi connectivity index (χ4v) is 3.53. The van der Waals surface area contributed by atoms with Crippen LogP contribution < -0.4 is 5.32 Å². The molecule has 2 aliphatic rings. The lowest BCUT2D eigenvalue weighted by atomic mass is 9.78. The third-order valence-corrected chi connectivity index (χ3v) is 4.96. The van der Waals surface area contributed by atoms with Gasteiger partial charge < -0.3 is 10.2 Å². The second-order valence-electron chi connectivity index (χ2n) is 5.95. The molecule has 0 amide bonds. The van der Waals surface area contributed by atoms with Gasteiger partial charge in [0.25, 0.3) is 0 Å². The lowest BCUT2D eigenvalue weighted by molar-refractivity contribution is 0.0640. The van der Waals surface area contributed by atoms with E-state index in [9.17, 15) is 0 Å². The highest BCUT2D eigenvalue weighted by Gasteiger charge is 2.35. The molecule has 0 aromatic carbocycles. The first-order valence-corrected chi connectivity index (χ1v) is 7.79. The zero-order chi connectivity index (χ0) is 12.1. The molecule has 1 saturated heterocycles. The highest BCUT2D eigenvalue weighted by molar-refractivity contribution is 4.91. The Labute approximate surface area is 107 Å². The minimum atomic E-state index is 0.907. The molecule has 0 aromatic rings. The first-order chi connectivity index (χ1) is 8.35. The normalized spacial score (nSPS) is 35.3. The molecular weight excluding hydrogens is 208 g/mol. The SMILES string of the molecule is CCNCC1CCC1N1CCCC(CC)CC1. The summed E-state index contributed by atoms with van der Waals surface area (Å²) < 4.78 is 0. The van der Waals surface area contributed by atoms with E-state index < -0.39 is 0 Å². The smallest absolute Gasteiger partial charge is 0.0136 e. The second kappa shape index (κ2) is 6.75. The van der Waals surface area contributed by atoms with Gasteiger partial charge in [0, 0.05) is 6.04 Å². The van der Waals surface area contributed by atoms with Gasteiger partial charge in [-0.15, -0.1) is 0 Å². The Morgan fingerprint density at radius 3 is 2.59 bits per heavy atom. The number of nitrogens with one attached hydrogen (secondary N) is 1. The topological polar surface area (TPSA) is 15.3 Å². The average Bonchev–Trinajstić information content (AvgIpc) is 2.54. The van der Waals surface area contributed by atoms with Gasteiger partial charge in [-0.3, -0.25) is 0 Å². The summed E-state index contributed by atoms with van der Waals surface area (Å²) in [6.45, 7) is 9.68. The highest BCUT2D eigenvalue weighted by atomic mass is 15.2. The molecule has 2 rings (SSSR count). The molecule has 100 valence electrons. The van der Waals surface area contributed by atoms with Crippen LogP contribution in [-0.4, -0.2) is 37.1 Å². The molecule has 0 spiro atoms. The molecule has 2 heteroatoms. The molecule has 1 aliphatic carbocycles. The molecular formula is C15H30N2. The fourth-order valence-electron chi connectivity index (χ4n) is 3.53. The van der Waals surface area contributed by atoms with Gasteiger partial charge in [0.1, 0.15) is 0 Å². The summed E-state index contributed by atoms with van der Waals surface area (Å²) in [5.74, 6) is 1.94. The van der Waals surface area contributed by atoms with Crippen LogP contribution in [0.4, 0.5) is 0 Å². The van der Waals surface area contributed by atoms with Crippen molar-refractivity contribution in [2.24, 2.45) is 11.8 Å². The predicted octanol–water partition coefficient (Wildman–Crippen LogP) is 2.89. The van der Waals surface area contributed by atoms with Crippen LogP contribution in [0.15, 0.2) is 0 Å². The van der Waals surface area contributed by atoms with Crippen molar-refractivity contribution in [2.45, 2.75) is 58.4 Å². The number of likely N-dealkylation sites (tertiary alicyclic amines) is 1. The molecule has 3 unspecified atom stereocenters. The quantitative estimate of drug-likeness (QED) is 0.792. The van der Waals surface area contributed by atoms with Crippen LogP contribution in [-0.2, 0) is 0 Å². The van der Waals surface area contributed by atoms with Crippen LogP contribution in [0.25, 0.3) is 0 Å². The van der Waals surface area contributed by atoms with E-state index in [1.807, 2.05) is 0 Å². The minimum absolute atomic E-state index is 0.907. The average molecular weight is 238 g/mol. The predicted molar refractivity (Wildman–Crippen MR) is 74.3 cm³/mol. The standard InChI is InChI=1S/C15H30N2/c1-3-13-6-5-10-17(11-9-13)15-8-7-14(15)12-16-4-2/h13-16H,3-12H2,1-2H3. The third-order valence-electron chi connectivity index (χ3n) is 4.96. The van der Waals surface area contributed by atoms with Gasteiger partial charge in [-0.05, 0) is 70.1 Å². The van der Waals surface area contributed by atoms with Crippen molar-refractivity contribution in [1.29, 1.82) is 0 Å². The van der Waals surface area contributed by atoms with Crippen molar-refractivity contribution in [2.75, 3.05) is 26.2 Å². The van der Waals surface area contributed by atoms with E-state index in [1.54, 1.807) is 0 Å². The van der Waals surface area contributed by atoms with Gasteiger partial charge in [0.15, 0.2) is 0 Å². The summed E-state index contributed by atoms with van der Waals surface area (Å²) >= 11 is 0. The Kier molecular flexibility index (Phi) is 5.30. The first-order valence-electron chi connectivity index (χ1n) is 7.79. The maximum Gasteiger partial charge on any atom is 0.0136 e. The summed E-state index contributed by atoms with van der Waals surface area (Å²) in [4.78, 5) is 2.81. The van der Waals surface area contributed by atoms with Crippen molar-refractivity contribution in [3.05, 3.63) is 0 Å². The van der Waals surface area contributed by atoms with E-state index in [-0.39, 0.29) is 0 Å². The highest BCUT2D eigenvalue weighted by Crippen LogP contribution is 2.34. The van der Waals surface area contributed by atoms with Crippen LogP contribution in [0.5, 0.6) is 0 Å². The van der Waals surface area contributed by atoms with Crippen LogP contribution >= 0.6 is 0 Å². The Hall–Kier alpha value is -0.0800. The Morgan fingerprint density at radius 2 is 1.94 bits per heavy atom. The number of hydrogen-bond donors (Lipinski definition) is 1. The number of nitrogens with zero attached hydrogens (tertiary/aromatic N) is 1. The fraction of sp³-hybridized carbons (Fsp3) is 1.00. The molecule has 0 bridgehead atoms. The molecule has 1 aliphatic heterocycles. The summed E-state index contributed by atoms with van der Waals surface area (Å²) in [5.41, 5.74) is 0. The van der Waals surface area contributed by atoms with Crippen molar-refractivity contribution in [3.8, 4) is 0 Å². The summed E-state index contributed by atoms with van der Waals surface area (Å²) in [6.07, 6.45) is 8.64. The van der Waals surface area contributed by atoms with Crippen LogP contribution in [0, 0.1) is 11.8 Å². The van der Waals surface area contributed by atoms with E-state index in [4.69, 9.17) is 0 Å². The lowest BCUT2D eigenvalue weighted by Gasteiger charge is -2.44. The van der Waals surface area contributed by atoms with Crippen molar-refractivity contribution in [1.82, 2.24) is 10.2 Å². The third kappa shape index (κ3) is 3.45. The molecule has 17 heavy (non-hydrogen) atoms. The maximum absolute atomic E-state index is 3.53. The zero-order valence-electron chi connectivity index (χ0n) is 11.8. The molecule has 1 N–H and O–H groups in total. The van der Waals surface area contributed by atoms with Gasteiger partial charge in [-0.2, -0.15) is 0 Å². The molecule has 0 aromatic heterocycles. The van der Waals surface area contributed by atoms with E-state index in [0.29, 0.717) is 0 Å². The van der Waals surface area contributed by atoms with Crippen LogP contribution in [0.3, 0.4) is 0 Å². The van der Waals surface area contributed by atoms with Gasteiger partial charge in [-0.1, -0.05) is 20.3 Å². The van der Waals surface area contributed by atoms with Crippen molar-refractivity contribution >= 4 is 0 Å².